The number of halogens is 3. The summed E-state index contributed by atoms with van der Waals surface area (Å²) in [5, 5.41) is 3.80. The molecule has 0 aliphatic heterocycles. The monoisotopic (exact) mass is 431 g/mol. The first-order valence-corrected chi connectivity index (χ1v) is 9.14. The van der Waals surface area contributed by atoms with Gasteiger partial charge in [0.15, 0.2) is 6.29 Å². The third-order valence-electron chi connectivity index (χ3n) is 4.19. The van der Waals surface area contributed by atoms with Crippen LogP contribution in [0, 0.1) is 19.7 Å². The van der Waals surface area contributed by atoms with Gasteiger partial charge in [-0.2, -0.15) is 0 Å². The van der Waals surface area contributed by atoms with E-state index in [9.17, 15) is 9.18 Å². The molecule has 0 amide bonds. The number of carbonyl (C=O) groups is 1. The molecule has 0 saturated carbocycles. The summed E-state index contributed by atoms with van der Waals surface area (Å²) in [5.74, 6) is -0.343. The average Bonchev–Trinajstić information content (AvgIpc) is 2.61. The zero-order valence-corrected chi connectivity index (χ0v) is 16.6. The van der Waals surface area contributed by atoms with Crippen molar-refractivity contribution in [2.75, 3.05) is 5.32 Å². The summed E-state index contributed by atoms with van der Waals surface area (Å²) < 4.78 is 15.6. The minimum atomic E-state index is -0.343. The minimum absolute atomic E-state index is 0.343. The van der Waals surface area contributed by atoms with Crippen molar-refractivity contribution >= 4 is 45.2 Å². The third-order valence-corrected chi connectivity index (χ3v) is 5.11. The van der Waals surface area contributed by atoms with E-state index in [0.29, 0.717) is 27.5 Å². The molecule has 0 saturated heterocycles. The lowest BCUT2D eigenvalue weighted by Crippen LogP contribution is -1.99. The topological polar surface area (TPSA) is 29.1 Å². The maximum absolute atomic E-state index is 14.7. The Bertz CT molecular complexity index is 1000. The molecule has 0 fully saturated rings. The molecule has 5 heteroatoms. The summed E-state index contributed by atoms with van der Waals surface area (Å²) in [6.07, 6.45) is 0.768. The van der Waals surface area contributed by atoms with Crippen molar-refractivity contribution in [2.24, 2.45) is 0 Å². The minimum Gasteiger partial charge on any atom is -0.355 e. The molecule has 0 radical (unpaired) electrons. The van der Waals surface area contributed by atoms with Crippen LogP contribution in [0.4, 0.5) is 15.8 Å². The summed E-state index contributed by atoms with van der Waals surface area (Å²) >= 11 is 9.40. The first kappa shape index (κ1) is 18.6. The van der Waals surface area contributed by atoms with Gasteiger partial charge in [0.05, 0.1) is 0 Å². The second-order valence-electron chi connectivity index (χ2n) is 6.09. The highest BCUT2D eigenvalue weighted by Gasteiger charge is 2.12. The Morgan fingerprint density at radius 1 is 1.00 bits per heavy atom. The van der Waals surface area contributed by atoms with Gasteiger partial charge in [0.25, 0.3) is 0 Å². The number of rotatable bonds is 4. The summed E-state index contributed by atoms with van der Waals surface area (Å²) in [6, 6.07) is 14.0. The Morgan fingerprint density at radius 3 is 2.46 bits per heavy atom. The van der Waals surface area contributed by atoms with Crippen LogP contribution in [0.5, 0.6) is 0 Å². The summed E-state index contributed by atoms with van der Waals surface area (Å²) in [6.45, 7) is 3.79. The molecule has 0 aliphatic carbocycles. The van der Waals surface area contributed by atoms with Gasteiger partial charge in [-0.15, -0.1) is 0 Å². The molecular weight excluding hydrogens is 417 g/mol. The predicted octanol–water partition coefficient (Wildman–Crippen LogP) is 7.08. The number of aryl methyl sites for hydroxylation is 2. The summed E-state index contributed by atoms with van der Waals surface area (Å²) in [4.78, 5) is 11.3. The van der Waals surface area contributed by atoms with Crippen molar-refractivity contribution < 1.29 is 9.18 Å². The Morgan fingerprint density at radius 2 is 1.77 bits per heavy atom. The van der Waals surface area contributed by atoms with Gasteiger partial charge < -0.3 is 5.32 Å². The van der Waals surface area contributed by atoms with E-state index in [0.717, 1.165) is 27.4 Å². The normalized spacial score (nSPS) is 10.7. The molecule has 0 aliphatic rings. The fourth-order valence-corrected chi connectivity index (χ4v) is 3.24. The SMILES string of the molecule is Cc1cc(-c2cc(C)c(Nc3ccc(Br)cc3C=O)cc2F)ccc1Cl. The number of anilines is 2. The van der Waals surface area contributed by atoms with Crippen LogP contribution in [0.15, 0.2) is 53.0 Å². The van der Waals surface area contributed by atoms with Gasteiger partial charge >= 0.3 is 0 Å². The van der Waals surface area contributed by atoms with Crippen LogP contribution in [0.3, 0.4) is 0 Å². The Balaban J connectivity index is 2.00. The van der Waals surface area contributed by atoms with Crippen LogP contribution in [0.1, 0.15) is 21.5 Å². The lowest BCUT2D eigenvalue weighted by Gasteiger charge is -2.14. The third kappa shape index (κ3) is 3.81. The van der Waals surface area contributed by atoms with Gasteiger partial charge in [-0.05, 0) is 73.0 Å². The number of hydrogen-bond donors (Lipinski definition) is 1. The van der Waals surface area contributed by atoms with Crippen LogP contribution in [0.25, 0.3) is 11.1 Å². The molecule has 1 N–H and O–H groups in total. The van der Waals surface area contributed by atoms with Gasteiger partial charge in [-0.25, -0.2) is 4.39 Å². The Kier molecular flexibility index (Phi) is 5.44. The van der Waals surface area contributed by atoms with E-state index in [1.807, 2.05) is 26.0 Å². The summed E-state index contributed by atoms with van der Waals surface area (Å²) in [7, 11) is 0. The largest absolute Gasteiger partial charge is 0.355 e. The van der Waals surface area contributed by atoms with E-state index < -0.39 is 0 Å². The Hall–Kier alpha value is -2.17. The highest BCUT2D eigenvalue weighted by Crippen LogP contribution is 2.32. The smallest absolute Gasteiger partial charge is 0.152 e. The maximum atomic E-state index is 14.7. The standard InChI is InChI=1S/C21H16BrClFNO/c1-12-7-14(3-5-18(12)23)17-8-13(2)21(10-19(17)24)25-20-6-4-16(22)9-15(20)11-26/h3-11,25H,1-2H3. The molecule has 0 bridgehead atoms. The van der Waals surface area contributed by atoms with Gasteiger partial charge in [0.2, 0.25) is 0 Å². The zero-order chi connectivity index (χ0) is 18.8. The quantitative estimate of drug-likeness (QED) is 0.446. The van der Waals surface area contributed by atoms with Gasteiger partial charge in [-0.3, -0.25) is 4.79 Å². The predicted molar refractivity (Wildman–Crippen MR) is 109 cm³/mol. The molecule has 26 heavy (non-hydrogen) atoms. The highest BCUT2D eigenvalue weighted by molar-refractivity contribution is 9.10. The van der Waals surface area contributed by atoms with Crippen molar-refractivity contribution in [2.45, 2.75) is 13.8 Å². The maximum Gasteiger partial charge on any atom is 0.152 e. The summed E-state index contributed by atoms with van der Waals surface area (Å²) in [5.41, 5.74) is 4.79. The lowest BCUT2D eigenvalue weighted by molar-refractivity contribution is 0.112. The molecule has 132 valence electrons. The second kappa shape index (κ2) is 7.60. The van der Waals surface area contributed by atoms with Crippen molar-refractivity contribution in [3.63, 3.8) is 0 Å². The van der Waals surface area contributed by atoms with Crippen molar-refractivity contribution in [3.05, 3.63) is 80.5 Å². The van der Waals surface area contributed by atoms with E-state index in [1.54, 1.807) is 30.3 Å². The highest BCUT2D eigenvalue weighted by atomic mass is 79.9. The van der Waals surface area contributed by atoms with Crippen LogP contribution < -0.4 is 5.32 Å². The Labute approximate surface area is 165 Å². The molecule has 0 heterocycles. The fraction of sp³-hybridized carbons (Fsp3) is 0.0952. The van der Waals surface area contributed by atoms with E-state index in [4.69, 9.17) is 11.6 Å². The molecule has 3 aromatic carbocycles. The van der Waals surface area contributed by atoms with Crippen LogP contribution in [-0.4, -0.2) is 6.29 Å². The molecule has 0 atom stereocenters. The van der Waals surface area contributed by atoms with Crippen molar-refractivity contribution in [3.8, 4) is 11.1 Å². The first-order chi connectivity index (χ1) is 12.4. The van der Waals surface area contributed by atoms with E-state index in [1.165, 1.54) is 6.07 Å². The van der Waals surface area contributed by atoms with E-state index in [-0.39, 0.29) is 5.82 Å². The lowest BCUT2D eigenvalue weighted by atomic mass is 10.00. The molecule has 0 aromatic heterocycles. The second-order valence-corrected chi connectivity index (χ2v) is 7.41. The van der Waals surface area contributed by atoms with Gasteiger partial charge in [-0.1, -0.05) is 33.6 Å². The zero-order valence-electron chi connectivity index (χ0n) is 14.2. The molecule has 0 spiro atoms. The number of benzene rings is 3. The molecule has 2 nitrogen and oxygen atoms in total. The number of carbonyl (C=O) groups excluding carboxylic acids is 1. The molecule has 3 aromatic rings. The molecular formula is C21H16BrClFNO. The van der Waals surface area contributed by atoms with Crippen LogP contribution in [0.2, 0.25) is 5.02 Å². The first-order valence-electron chi connectivity index (χ1n) is 7.97. The van der Waals surface area contributed by atoms with Crippen LogP contribution >= 0.6 is 27.5 Å². The molecule has 3 rings (SSSR count). The number of aldehydes is 1. The number of nitrogens with one attached hydrogen (secondary N) is 1. The molecule has 0 unspecified atom stereocenters. The van der Waals surface area contributed by atoms with Gasteiger partial charge in [0, 0.05) is 32.0 Å². The number of hydrogen-bond acceptors (Lipinski definition) is 2. The van der Waals surface area contributed by atoms with E-state index >= 15 is 0 Å². The van der Waals surface area contributed by atoms with Gasteiger partial charge in [0.1, 0.15) is 5.82 Å². The van der Waals surface area contributed by atoms with Crippen molar-refractivity contribution in [1.29, 1.82) is 0 Å². The average molecular weight is 433 g/mol. The van der Waals surface area contributed by atoms with E-state index in [2.05, 4.69) is 21.2 Å². The van der Waals surface area contributed by atoms with Crippen molar-refractivity contribution in [1.82, 2.24) is 0 Å². The fourth-order valence-electron chi connectivity index (χ4n) is 2.74. The van der Waals surface area contributed by atoms with Crippen LogP contribution in [-0.2, 0) is 0 Å².